The minimum atomic E-state index is -0.525. The van der Waals surface area contributed by atoms with Gasteiger partial charge in [-0.3, -0.25) is 0 Å². The van der Waals surface area contributed by atoms with Crippen molar-refractivity contribution in [1.29, 1.82) is 0 Å². The Bertz CT molecular complexity index is 395. The van der Waals surface area contributed by atoms with E-state index < -0.39 is 5.60 Å². The minimum Gasteiger partial charge on any atom is -0.390 e. The highest BCUT2D eigenvalue weighted by atomic mass is 16.3. The number of rotatable bonds is 2. The van der Waals surface area contributed by atoms with E-state index in [9.17, 15) is 5.11 Å². The summed E-state index contributed by atoms with van der Waals surface area (Å²) in [5.74, 6) is 1.61. The summed E-state index contributed by atoms with van der Waals surface area (Å²) in [6.45, 7) is 5.60. The summed E-state index contributed by atoms with van der Waals surface area (Å²) in [5, 5.41) is 12.9. The van der Waals surface area contributed by atoms with Gasteiger partial charge in [-0.25, -0.2) is 4.98 Å². The van der Waals surface area contributed by atoms with Crippen molar-refractivity contribution in [2.75, 3.05) is 30.4 Å². The van der Waals surface area contributed by atoms with Crippen LogP contribution in [0.1, 0.15) is 25.3 Å². The van der Waals surface area contributed by atoms with E-state index in [1.54, 1.807) is 0 Å². The van der Waals surface area contributed by atoms with Crippen molar-refractivity contribution >= 4 is 11.8 Å². The number of aryl methyl sites for hydroxylation is 1. The molecule has 17 heavy (non-hydrogen) atoms. The SMILES string of the molecule is CNc1ncc(C)c(N2CCC(C)(O)CC2)n1. The van der Waals surface area contributed by atoms with Crippen LogP contribution in [-0.4, -0.2) is 40.8 Å². The van der Waals surface area contributed by atoms with E-state index in [0.717, 1.165) is 37.3 Å². The highest BCUT2D eigenvalue weighted by Gasteiger charge is 2.28. The number of nitrogens with zero attached hydrogens (tertiary/aromatic N) is 3. The van der Waals surface area contributed by atoms with Crippen molar-refractivity contribution in [2.45, 2.75) is 32.3 Å². The van der Waals surface area contributed by atoms with Crippen LogP contribution in [-0.2, 0) is 0 Å². The Balaban J connectivity index is 2.17. The standard InChI is InChI=1S/C12H20N4O/c1-9-8-14-11(13-3)15-10(9)16-6-4-12(2,17)5-7-16/h8,17H,4-7H2,1-3H3,(H,13,14,15). The van der Waals surface area contributed by atoms with Crippen molar-refractivity contribution in [3.63, 3.8) is 0 Å². The maximum Gasteiger partial charge on any atom is 0.224 e. The summed E-state index contributed by atoms with van der Waals surface area (Å²) in [6.07, 6.45) is 3.40. The maximum atomic E-state index is 9.94. The Hall–Kier alpha value is -1.36. The normalized spacial score (nSPS) is 19.2. The van der Waals surface area contributed by atoms with Gasteiger partial charge >= 0.3 is 0 Å². The molecule has 0 atom stereocenters. The molecule has 1 aliphatic rings. The molecule has 0 unspecified atom stereocenters. The van der Waals surface area contributed by atoms with Gasteiger partial charge in [-0.1, -0.05) is 0 Å². The lowest BCUT2D eigenvalue weighted by Gasteiger charge is -2.37. The molecule has 2 N–H and O–H groups in total. The first-order valence-corrected chi connectivity index (χ1v) is 6.00. The molecule has 2 rings (SSSR count). The zero-order valence-corrected chi connectivity index (χ0v) is 10.7. The minimum absolute atomic E-state index is 0.525. The average Bonchev–Trinajstić information content (AvgIpc) is 2.30. The van der Waals surface area contributed by atoms with Gasteiger partial charge in [0, 0.05) is 31.9 Å². The predicted octanol–water partition coefficient (Wildman–Crippen LogP) is 1.18. The fraction of sp³-hybridized carbons (Fsp3) is 0.667. The third kappa shape index (κ3) is 2.66. The summed E-state index contributed by atoms with van der Waals surface area (Å²) in [6, 6.07) is 0. The second-order valence-corrected chi connectivity index (χ2v) is 4.93. The van der Waals surface area contributed by atoms with E-state index in [2.05, 4.69) is 20.2 Å². The predicted molar refractivity (Wildman–Crippen MR) is 68.4 cm³/mol. The molecule has 0 saturated carbocycles. The van der Waals surface area contributed by atoms with Gasteiger partial charge in [0.05, 0.1) is 5.60 Å². The van der Waals surface area contributed by atoms with Gasteiger partial charge in [0.25, 0.3) is 0 Å². The molecule has 1 fully saturated rings. The molecular weight excluding hydrogens is 216 g/mol. The van der Waals surface area contributed by atoms with Crippen LogP contribution in [0.2, 0.25) is 0 Å². The molecule has 0 aromatic carbocycles. The zero-order chi connectivity index (χ0) is 12.5. The van der Waals surface area contributed by atoms with E-state index in [1.165, 1.54) is 0 Å². The molecule has 5 nitrogen and oxygen atoms in total. The number of piperidine rings is 1. The van der Waals surface area contributed by atoms with Gasteiger partial charge in [-0.2, -0.15) is 4.98 Å². The van der Waals surface area contributed by atoms with E-state index in [4.69, 9.17) is 0 Å². The molecule has 1 saturated heterocycles. The molecule has 94 valence electrons. The van der Waals surface area contributed by atoms with Gasteiger partial charge in [0.1, 0.15) is 5.82 Å². The molecule has 0 amide bonds. The number of hydrogen-bond donors (Lipinski definition) is 2. The van der Waals surface area contributed by atoms with Gasteiger partial charge in [-0.15, -0.1) is 0 Å². The molecule has 1 aliphatic heterocycles. The fourth-order valence-corrected chi connectivity index (χ4v) is 2.07. The Kier molecular flexibility index (Phi) is 3.19. The smallest absolute Gasteiger partial charge is 0.224 e. The van der Waals surface area contributed by atoms with Crippen molar-refractivity contribution < 1.29 is 5.11 Å². The third-order valence-electron chi connectivity index (χ3n) is 3.31. The Morgan fingerprint density at radius 2 is 2.06 bits per heavy atom. The van der Waals surface area contributed by atoms with Crippen LogP contribution in [0.4, 0.5) is 11.8 Å². The molecule has 0 aliphatic carbocycles. The van der Waals surface area contributed by atoms with E-state index in [0.29, 0.717) is 5.95 Å². The van der Waals surface area contributed by atoms with Gasteiger partial charge in [-0.05, 0) is 26.7 Å². The number of nitrogens with one attached hydrogen (secondary N) is 1. The van der Waals surface area contributed by atoms with E-state index in [-0.39, 0.29) is 0 Å². The number of anilines is 2. The second-order valence-electron chi connectivity index (χ2n) is 4.93. The fourth-order valence-electron chi connectivity index (χ4n) is 2.07. The Labute approximate surface area is 102 Å². The summed E-state index contributed by atoms with van der Waals surface area (Å²) in [7, 11) is 1.81. The monoisotopic (exact) mass is 236 g/mol. The van der Waals surface area contributed by atoms with Crippen LogP contribution >= 0.6 is 0 Å². The maximum absolute atomic E-state index is 9.94. The highest BCUT2D eigenvalue weighted by molar-refractivity contribution is 5.49. The van der Waals surface area contributed by atoms with Crippen LogP contribution < -0.4 is 10.2 Å². The highest BCUT2D eigenvalue weighted by Crippen LogP contribution is 2.26. The molecule has 0 bridgehead atoms. The molecule has 2 heterocycles. The summed E-state index contributed by atoms with van der Waals surface area (Å²) < 4.78 is 0. The average molecular weight is 236 g/mol. The van der Waals surface area contributed by atoms with Crippen molar-refractivity contribution in [2.24, 2.45) is 0 Å². The molecule has 5 heteroatoms. The van der Waals surface area contributed by atoms with E-state index >= 15 is 0 Å². The number of aliphatic hydroxyl groups is 1. The van der Waals surface area contributed by atoms with E-state index in [1.807, 2.05) is 27.1 Å². The summed E-state index contributed by atoms with van der Waals surface area (Å²) in [5.41, 5.74) is 0.550. The van der Waals surface area contributed by atoms with Gasteiger partial charge in [0.2, 0.25) is 5.95 Å². The molecule has 0 radical (unpaired) electrons. The lowest BCUT2D eigenvalue weighted by atomic mass is 9.94. The summed E-state index contributed by atoms with van der Waals surface area (Å²) >= 11 is 0. The van der Waals surface area contributed by atoms with Crippen LogP contribution in [0.5, 0.6) is 0 Å². The lowest BCUT2D eigenvalue weighted by Crippen LogP contribution is -2.43. The number of aromatic nitrogens is 2. The molecule has 0 spiro atoms. The first kappa shape index (κ1) is 12.1. The van der Waals surface area contributed by atoms with Gasteiger partial charge in [0.15, 0.2) is 0 Å². The zero-order valence-electron chi connectivity index (χ0n) is 10.7. The molecule has 1 aromatic heterocycles. The Morgan fingerprint density at radius 1 is 1.41 bits per heavy atom. The van der Waals surface area contributed by atoms with Crippen LogP contribution in [0.15, 0.2) is 6.20 Å². The first-order valence-electron chi connectivity index (χ1n) is 6.00. The van der Waals surface area contributed by atoms with Crippen molar-refractivity contribution in [3.05, 3.63) is 11.8 Å². The first-order chi connectivity index (χ1) is 8.02. The van der Waals surface area contributed by atoms with Crippen LogP contribution in [0.3, 0.4) is 0 Å². The Morgan fingerprint density at radius 3 is 2.65 bits per heavy atom. The van der Waals surface area contributed by atoms with Crippen LogP contribution in [0.25, 0.3) is 0 Å². The van der Waals surface area contributed by atoms with Gasteiger partial charge < -0.3 is 15.3 Å². The molecule has 1 aromatic rings. The quantitative estimate of drug-likeness (QED) is 0.807. The summed E-state index contributed by atoms with van der Waals surface area (Å²) in [4.78, 5) is 10.9. The van der Waals surface area contributed by atoms with Crippen LogP contribution in [0, 0.1) is 6.92 Å². The van der Waals surface area contributed by atoms with Crippen molar-refractivity contribution in [3.8, 4) is 0 Å². The van der Waals surface area contributed by atoms with Crippen molar-refractivity contribution in [1.82, 2.24) is 9.97 Å². The second kappa shape index (κ2) is 4.49. The largest absolute Gasteiger partial charge is 0.390 e. The number of hydrogen-bond acceptors (Lipinski definition) is 5. The topological polar surface area (TPSA) is 61.3 Å². The lowest BCUT2D eigenvalue weighted by molar-refractivity contribution is 0.0350. The molecular formula is C12H20N4O. The third-order valence-corrected chi connectivity index (χ3v) is 3.31.